The fourth-order valence-corrected chi connectivity index (χ4v) is 4.31. The zero-order valence-corrected chi connectivity index (χ0v) is 17.2. The number of nitrogens with two attached hydrogens (primary N) is 1. The standard InChI is InChI=1S/C19H23N9S/c1-12-7-18(29-25-12)23-17-8-16(27-5-3-14(20)4-6-27)24-19-15(10-22-28(17)19)13-9-21-26(2)11-13/h7-11,14,23H,3-6,20H2,1-2H3. The third-order valence-corrected chi connectivity index (χ3v) is 6.01. The van der Waals surface area contributed by atoms with Crippen LogP contribution in [-0.2, 0) is 7.05 Å². The quantitative estimate of drug-likeness (QED) is 0.534. The minimum atomic E-state index is 0.272. The maximum Gasteiger partial charge on any atom is 0.167 e. The Bertz CT molecular complexity index is 1150. The lowest BCUT2D eigenvalue weighted by atomic mass is 10.1. The lowest BCUT2D eigenvalue weighted by Gasteiger charge is -2.31. The van der Waals surface area contributed by atoms with Crippen molar-refractivity contribution < 1.29 is 0 Å². The zero-order chi connectivity index (χ0) is 20.0. The van der Waals surface area contributed by atoms with Crippen LogP contribution in [0.2, 0.25) is 0 Å². The lowest BCUT2D eigenvalue weighted by molar-refractivity contribution is 0.499. The Balaban J connectivity index is 1.62. The van der Waals surface area contributed by atoms with Crippen LogP contribution in [0.4, 0.5) is 16.6 Å². The molecule has 0 saturated carbocycles. The van der Waals surface area contributed by atoms with Crippen LogP contribution in [0.3, 0.4) is 0 Å². The first kappa shape index (κ1) is 18.1. The van der Waals surface area contributed by atoms with Crippen LogP contribution in [-0.4, -0.2) is 47.9 Å². The second kappa shape index (κ2) is 7.12. The molecule has 0 aromatic carbocycles. The van der Waals surface area contributed by atoms with E-state index in [4.69, 9.17) is 10.7 Å². The van der Waals surface area contributed by atoms with E-state index in [9.17, 15) is 0 Å². The van der Waals surface area contributed by atoms with E-state index in [0.29, 0.717) is 0 Å². The molecule has 1 saturated heterocycles. The minimum absolute atomic E-state index is 0.272. The van der Waals surface area contributed by atoms with Gasteiger partial charge in [-0.25, -0.2) is 4.98 Å². The summed E-state index contributed by atoms with van der Waals surface area (Å²) in [6.45, 7) is 3.79. The monoisotopic (exact) mass is 409 g/mol. The van der Waals surface area contributed by atoms with Gasteiger partial charge in [-0.2, -0.15) is 19.1 Å². The second-order valence-corrected chi connectivity index (χ2v) is 8.28. The Morgan fingerprint density at radius 1 is 1.17 bits per heavy atom. The molecule has 0 aliphatic carbocycles. The highest BCUT2D eigenvalue weighted by atomic mass is 32.1. The normalized spacial score (nSPS) is 15.3. The van der Waals surface area contributed by atoms with Gasteiger partial charge in [-0.15, -0.1) is 0 Å². The second-order valence-electron chi connectivity index (χ2n) is 7.48. The zero-order valence-electron chi connectivity index (χ0n) is 16.4. The number of fused-ring (bicyclic) bond motifs is 1. The van der Waals surface area contributed by atoms with Gasteiger partial charge in [0.15, 0.2) is 5.65 Å². The predicted octanol–water partition coefficient (Wildman–Crippen LogP) is 2.57. The van der Waals surface area contributed by atoms with Gasteiger partial charge >= 0.3 is 0 Å². The van der Waals surface area contributed by atoms with Gasteiger partial charge in [0.2, 0.25) is 0 Å². The molecule has 150 valence electrons. The molecule has 5 heterocycles. The van der Waals surface area contributed by atoms with E-state index in [1.807, 2.05) is 43.1 Å². The smallest absolute Gasteiger partial charge is 0.167 e. The molecular formula is C19H23N9S. The van der Waals surface area contributed by atoms with Gasteiger partial charge < -0.3 is 16.0 Å². The topological polar surface area (TPSA) is 102 Å². The van der Waals surface area contributed by atoms with E-state index < -0.39 is 0 Å². The highest BCUT2D eigenvalue weighted by Gasteiger charge is 2.21. The summed E-state index contributed by atoms with van der Waals surface area (Å²) in [4.78, 5) is 7.27. The van der Waals surface area contributed by atoms with Gasteiger partial charge in [-0.3, -0.25) is 4.68 Å². The fraction of sp³-hybridized carbons (Fsp3) is 0.368. The van der Waals surface area contributed by atoms with Crippen LogP contribution in [0.25, 0.3) is 16.8 Å². The number of hydrogen-bond donors (Lipinski definition) is 2. The van der Waals surface area contributed by atoms with Crippen molar-refractivity contribution in [2.24, 2.45) is 12.8 Å². The van der Waals surface area contributed by atoms with Crippen LogP contribution >= 0.6 is 11.5 Å². The summed E-state index contributed by atoms with van der Waals surface area (Å²) < 4.78 is 8.00. The largest absolute Gasteiger partial charge is 0.356 e. The van der Waals surface area contributed by atoms with Crippen molar-refractivity contribution >= 4 is 33.8 Å². The summed E-state index contributed by atoms with van der Waals surface area (Å²) in [6.07, 6.45) is 7.60. The maximum absolute atomic E-state index is 6.10. The van der Waals surface area contributed by atoms with Crippen LogP contribution in [0.15, 0.2) is 30.7 Å². The number of anilines is 3. The summed E-state index contributed by atoms with van der Waals surface area (Å²) >= 11 is 1.44. The molecule has 1 fully saturated rings. The Morgan fingerprint density at radius 2 is 2.00 bits per heavy atom. The first-order chi connectivity index (χ1) is 14.1. The van der Waals surface area contributed by atoms with Gasteiger partial charge in [0, 0.05) is 49.6 Å². The van der Waals surface area contributed by atoms with Crippen molar-refractivity contribution in [3.05, 3.63) is 36.4 Å². The molecular weight excluding hydrogens is 386 g/mol. The number of rotatable bonds is 4. The van der Waals surface area contributed by atoms with Crippen molar-refractivity contribution in [1.82, 2.24) is 28.8 Å². The highest BCUT2D eigenvalue weighted by Crippen LogP contribution is 2.31. The van der Waals surface area contributed by atoms with E-state index in [-0.39, 0.29) is 6.04 Å². The van der Waals surface area contributed by atoms with Gasteiger partial charge in [-0.05, 0) is 37.4 Å². The summed E-state index contributed by atoms with van der Waals surface area (Å²) in [5, 5.41) is 13.3. The Morgan fingerprint density at radius 3 is 2.69 bits per heavy atom. The van der Waals surface area contributed by atoms with Crippen LogP contribution in [0, 0.1) is 6.92 Å². The predicted molar refractivity (Wildman–Crippen MR) is 115 cm³/mol. The Labute approximate surface area is 172 Å². The molecule has 0 radical (unpaired) electrons. The molecule has 0 atom stereocenters. The maximum atomic E-state index is 6.10. The minimum Gasteiger partial charge on any atom is -0.356 e. The van der Waals surface area contributed by atoms with Gasteiger partial charge in [-0.1, -0.05) is 0 Å². The molecule has 1 aliphatic rings. The van der Waals surface area contributed by atoms with Crippen LogP contribution in [0.5, 0.6) is 0 Å². The molecule has 0 amide bonds. The van der Waals surface area contributed by atoms with Crippen molar-refractivity contribution in [2.75, 3.05) is 23.3 Å². The third kappa shape index (κ3) is 3.45. The molecule has 4 aromatic heterocycles. The molecule has 3 N–H and O–H groups in total. The van der Waals surface area contributed by atoms with E-state index >= 15 is 0 Å². The van der Waals surface area contributed by atoms with E-state index in [1.54, 1.807) is 4.68 Å². The average molecular weight is 410 g/mol. The Kier molecular flexibility index (Phi) is 4.44. The van der Waals surface area contributed by atoms with E-state index in [0.717, 1.165) is 65.0 Å². The highest BCUT2D eigenvalue weighted by molar-refractivity contribution is 7.10. The number of nitrogens with one attached hydrogen (secondary N) is 1. The van der Waals surface area contributed by atoms with Crippen molar-refractivity contribution in [2.45, 2.75) is 25.8 Å². The molecule has 0 unspecified atom stereocenters. The molecule has 29 heavy (non-hydrogen) atoms. The van der Waals surface area contributed by atoms with Gasteiger partial charge in [0.1, 0.15) is 16.6 Å². The summed E-state index contributed by atoms with van der Waals surface area (Å²) in [6, 6.07) is 4.36. The number of aromatic nitrogens is 6. The number of aryl methyl sites for hydroxylation is 2. The van der Waals surface area contributed by atoms with Crippen molar-refractivity contribution in [3.63, 3.8) is 0 Å². The number of nitrogens with zero attached hydrogens (tertiary/aromatic N) is 7. The molecule has 0 spiro atoms. The van der Waals surface area contributed by atoms with Crippen LogP contribution in [0.1, 0.15) is 18.5 Å². The number of hydrogen-bond acceptors (Lipinski definition) is 8. The SMILES string of the molecule is Cc1cc(Nc2cc(N3CCC(N)CC3)nc3c(-c4cnn(C)c4)cnn23)sn1. The van der Waals surface area contributed by atoms with E-state index in [2.05, 4.69) is 30.9 Å². The summed E-state index contributed by atoms with van der Waals surface area (Å²) in [5.74, 6) is 1.79. The fourth-order valence-electron chi connectivity index (χ4n) is 3.64. The van der Waals surface area contributed by atoms with Gasteiger partial charge in [0.05, 0.1) is 18.1 Å². The first-order valence-electron chi connectivity index (χ1n) is 9.65. The Hall–Kier alpha value is -2.98. The average Bonchev–Trinajstić information content (AvgIpc) is 3.42. The molecule has 9 nitrogen and oxygen atoms in total. The molecule has 10 heteroatoms. The third-order valence-electron chi connectivity index (χ3n) is 5.22. The number of piperidine rings is 1. The van der Waals surface area contributed by atoms with E-state index in [1.165, 1.54) is 11.5 Å². The lowest BCUT2D eigenvalue weighted by Crippen LogP contribution is -2.40. The molecule has 5 rings (SSSR count). The first-order valence-corrected chi connectivity index (χ1v) is 10.4. The van der Waals surface area contributed by atoms with Crippen LogP contribution < -0.4 is 16.0 Å². The van der Waals surface area contributed by atoms with Crippen molar-refractivity contribution in [3.8, 4) is 11.1 Å². The molecule has 0 bridgehead atoms. The summed E-state index contributed by atoms with van der Waals surface area (Å²) in [5.41, 5.74) is 9.84. The molecule has 1 aliphatic heterocycles. The summed E-state index contributed by atoms with van der Waals surface area (Å²) in [7, 11) is 1.91. The van der Waals surface area contributed by atoms with Gasteiger partial charge in [0.25, 0.3) is 0 Å². The van der Waals surface area contributed by atoms with Crippen molar-refractivity contribution in [1.29, 1.82) is 0 Å². The molecule has 4 aromatic rings.